The summed E-state index contributed by atoms with van der Waals surface area (Å²) in [6.45, 7) is 0.229. The number of carbonyl (C=O) groups excluding carboxylic acids is 1. The van der Waals surface area contributed by atoms with Crippen LogP contribution in [0.3, 0.4) is 0 Å². The minimum Gasteiger partial charge on any atom is -0.497 e. The van der Waals surface area contributed by atoms with Crippen LogP contribution in [0.2, 0.25) is 0 Å². The zero-order valence-corrected chi connectivity index (χ0v) is 15.1. The largest absolute Gasteiger partial charge is 0.497 e. The molecule has 0 aliphatic carbocycles. The number of methoxy groups -OCH3 is 1. The van der Waals surface area contributed by atoms with E-state index in [4.69, 9.17) is 14.2 Å². The fraction of sp³-hybridized carbons (Fsp3) is 0.0952. The second-order valence-electron chi connectivity index (χ2n) is 5.94. The topological polar surface area (TPSA) is 82.0 Å². The molecule has 2 aromatic carbocycles. The molecule has 0 fully saturated rings. The minimum absolute atomic E-state index is 0.229. The molecule has 0 radical (unpaired) electrons. The summed E-state index contributed by atoms with van der Waals surface area (Å²) in [5.74, 6) is 1.79. The number of fused-ring (bicyclic) bond motifs is 1. The van der Waals surface area contributed by atoms with Gasteiger partial charge in [0.2, 0.25) is 6.79 Å². The van der Waals surface area contributed by atoms with Crippen LogP contribution in [0.1, 0.15) is 16.1 Å². The van der Waals surface area contributed by atoms with E-state index in [-0.39, 0.29) is 12.7 Å². The Morgan fingerprint density at radius 1 is 1.11 bits per heavy atom. The average Bonchev–Trinajstić information content (AvgIpc) is 3.22. The molecule has 140 valence electrons. The van der Waals surface area contributed by atoms with Crippen LogP contribution < -0.4 is 19.6 Å². The molecule has 0 saturated carbocycles. The van der Waals surface area contributed by atoms with E-state index in [0.717, 1.165) is 17.0 Å². The molecule has 0 saturated heterocycles. The van der Waals surface area contributed by atoms with E-state index in [1.807, 2.05) is 30.3 Å². The molecule has 7 heteroatoms. The standard InChI is InChI=1S/C21H17N3O4/c1-26-17-8-5-14(6-9-17)21(25)24-22-12-16-3-2-4-18(23-16)15-7-10-19-20(11-15)28-13-27-19/h2-12H,13H2,1H3,(H,24,25)/b22-12+. The van der Waals surface area contributed by atoms with Gasteiger partial charge in [0.25, 0.3) is 5.91 Å². The Balaban J connectivity index is 1.45. The van der Waals surface area contributed by atoms with Crippen molar-refractivity contribution in [1.29, 1.82) is 0 Å². The summed E-state index contributed by atoms with van der Waals surface area (Å²) < 4.78 is 15.8. The van der Waals surface area contributed by atoms with E-state index in [0.29, 0.717) is 22.8 Å². The van der Waals surface area contributed by atoms with Crippen molar-refractivity contribution in [3.63, 3.8) is 0 Å². The van der Waals surface area contributed by atoms with Gasteiger partial charge in [0.1, 0.15) is 5.75 Å². The van der Waals surface area contributed by atoms with E-state index in [9.17, 15) is 4.79 Å². The van der Waals surface area contributed by atoms with Crippen molar-refractivity contribution < 1.29 is 19.0 Å². The van der Waals surface area contributed by atoms with Crippen LogP contribution >= 0.6 is 0 Å². The number of aromatic nitrogens is 1. The first kappa shape index (κ1) is 17.5. The number of nitrogens with one attached hydrogen (secondary N) is 1. The molecule has 0 bridgehead atoms. The number of pyridine rings is 1. The molecule has 4 rings (SSSR count). The molecule has 1 aromatic heterocycles. The molecule has 0 atom stereocenters. The summed E-state index contributed by atoms with van der Waals surface area (Å²) in [4.78, 5) is 16.7. The van der Waals surface area contributed by atoms with Crippen LogP contribution in [0.5, 0.6) is 17.2 Å². The van der Waals surface area contributed by atoms with Gasteiger partial charge in [0.05, 0.1) is 24.7 Å². The molecule has 28 heavy (non-hydrogen) atoms. The van der Waals surface area contributed by atoms with E-state index in [2.05, 4.69) is 15.5 Å². The van der Waals surface area contributed by atoms with Crippen LogP contribution in [0.15, 0.2) is 65.8 Å². The molecule has 3 aromatic rings. The molecular weight excluding hydrogens is 358 g/mol. The van der Waals surface area contributed by atoms with Crippen LogP contribution in [-0.4, -0.2) is 31.0 Å². The van der Waals surface area contributed by atoms with Crippen LogP contribution in [0.25, 0.3) is 11.3 Å². The van der Waals surface area contributed by atoms with Crippen LogP contribution in [0.4, 0.5) is 0 Å². The van der Waals surface area contributed by atoms with Gasteiger partial charge in [0.15, 0.2) is 11.5 Å². The van der Waals surface area contributed by atoms with Crippen molar-refractivity contribution >= 4 is 12.1 Å². The number of amides is 1. The van der Waals surface area contributed by atoms with Crippen molar-refractivity contribution in [2.24, 2.45) is 5.10 Å². The number of rotatable bonds is 5. The molecule has 1 aliphatic rings. The molecule has 0 spiro atoms. The van der Waals surface area contributed by atoms with Gasteiger partial charge >= 0.3 is 0 Å². The zero-order chi connectivity index (χ0) is 19.3. The quantitative estimate of drug-likeness (QED) is 0.547. The highest BCUT2D eigenvalue weighted by Crippen LogP contribution is 2.35. The smallest absolute Gasteiger partial charge is 0.271 e. The van der Waals surface area contributed by atoms with Gasteiger partial charge in [-0.05, 0) is 54.6 Å². The fourth-order valence-electron chi connectivity index (χ4n) is 2.70. The van der Waals surface area contributed by atoms with Crippen molar-refractivity contribution in [2.75, 3.05) is 13.9 Å². The number of benzene rings is 2. The Morgan fingerprint density at radius 3 is 2.75 bits per heavy atom. The van der Waals surface area contributed by atoms with Gasteiger partial charge in [-0.3, -0.25) is 4.79 Å². The maximum Gasteiger partial charge on any atom is 0.271 e. The van der Waals surface area contributed by atoms with E-state index in [1.54, 1.807) is 37.4 Å². The van der Waals surface area contributed by atoms with Gasteiger partial charge in [-0.1, -0.05) is 6.07 Å². The summed E-state index contributed by atoms with van der Waals surface area (Å²) in [5, 5.41) is 3.99. The molecule has 2 heterocycles. The lowest BCUT2D eigenvalue weighted by Crippen LogP contribution is -2.17. The third kappa shape index (κ3) is 3.78. The number of hydrogen-bond donors (Lipinski definition) is 1. The number of ether oxygens (including phenoxy) is 3. The van der Waals surface area contributed by atoms with Gasteiger partial charge < -0.3 is 14.2 Å². The highest BCUT2D eigenvalue weighted by atomic mass is 16.7. The number of carbonyl (C=O) groups is 1. The van der Waals surface area contributed by atoms with Crippen LogP contribution in [0, 0.1) is 0 Å². The Bertz CT molecular complexity index is 1030. The van der Waals surface area contributed by atoms with Crippen molar-refractivity contribution in [1.82, 2.24) is 10.4 Å². The molecule has 1 N–H and O–H groups in total. The van der Waals surface area contributed by atoms with Gasteiger partial charge in [-0.15, -0.1) is 0 Å². The van der Waals surface area contributed by atoms with Crippen molar-refractivity contribution in [3.8, 4) is 28.5 Å². The second-order valence-corrected chi connectivity index (χ2v) is 5.94. The summed E-state index contributed by atoms with van der Waals surface area (Å²) in [5.41, 5.74) is 5.27. The van der Waals surface area contributed by atoms with E-state index < -0.39 is 0 Å². The monoisotopic (exact) mass is 375 g/mol. The summed E-state index contributed by atoms with van der Waals surface area (Å²) in [7, 11) is 1.57. The number of hydrogen-bond acceptors (Lipinski definition) is 6. The maximum absolute atomic E-state index is 12.1. The first-order valence-electron chi connectivity index (χ1n) is 8.57. The second kappa shape index (κ2) is 7.79. The first-order valence-corrected chi connectivity index (χ1v) is 8.57. The average molecular weight is 375 g/mol. The van der Waals surface area contributed by atoms with Gasteiger partial charge in [0, 0.05) is 11.1 Å². The zero-order valence-electron chi connectivity index (χ0n) is 15.1. The SMILES string of the molecule is COc1ccc(C(=O)N/N=C/c2cccc(-c3ccc4c(c3)OCO4)n2)cc1. The lowest BCUT2D eigenvalue weighted by molar-refractivity contribution is 0.0955. The first-order chi connectivity index (χ1) is 13.7. The summed E-state index contributed by atoms with van der Waals surface area (Å²) in [6, 6.07) is 18.0. The summed E-state index contributed by atoms with van der Waals surface area (Å²) in [6.07, 6.45) is 1.50. The minimum atomic E-state index is -0.314. The molecule has 1 aliphatic heterocycles. The molecular formula is C21H17N3O4. The predicted molar refractivity (Wildman–Crippen MR) is 104 cm³/mol. The summed E-state index contributed by atoms with van der Waals surface area (Å²) >= 11 is 0. The highest BCUT2D eigenvalue weighted by molar-refractivity contribution is 5.94. The highest BCUT2D eigenvalue weighted by Gasteiger charge is 2.14. The molecule has 1 amide bonds. The van der Waals surface area contributed by atoms with E-state index in [1.165, 1.54) is 6.21 Å². The van der Waals surface area contributed by atoms with Gasteiger partial charge in [-0.25, -0.2) is 10.4 Å². The predicted octanol–water partition coefficient (Wildman–Crippen LogP) is 3.25. The van der Waals surface area contributed by atoms with Gasteiger partial charge in [-0.2, -0.15) is 5.10 Å². The normalized spacial score (nSPS) is 12.2. The lowest BCUT2D eigenvalue weighted by Gasteiger charge is -2.04. The maximum atomic E-state index is 12.1. The third-order valence-corrected chi connectivity index (χ3v) is 4.15. The fourth-order valence-corrected chi connectivity index (χ4v) is 2.70. The molecule has 7 nitrogen and oxygen atoms in total. The van der Waals surface area contributed by atoms with Crippen molar-refractivity contribution in [2.45, 2.75) is 0 Å². The number of nitrogens with zero attached hydrogens (tertiary/aromatic N) is 2. The van der Waals surface area contributed by atoms with E-state index >= 15 is 0 Å². The number of hydrazone groups is 1. The Morgan fingerprint density at radius 2 is 1.93 bits per heavy atom. The Labute approximate surface area is 161 Å². The van der Waals surface area contributed by atoms with Crippen molar-refractivity contribution in [3.05, 3.63) is 71.9 Å². The molecule has 0 unspecified atom stereocenters. The Hall–Kier alpha value is -3.87. The Kier molecular flexibility index (Phi) is 4.88. The lowest BCUT2D eigenvalue weighted by atomic mass is 10.1. The van der Waals surface area contributed by atoms with Crippen LogP contribution in [-0.2, 0) is 0 Å². The third-order valence-electron chi connectivity index (χ3n) is 4.15.